The molecule has 0 fully saturated rings. The van der Waals surface area contributed by atoms with E-state index in [1.165, 1.54) is 24.3 Å². The zero-order chi connectivity index (χ0) is 20.3. The minimum absolute atomic E-state index is 0.0756. The molecule has 0 N–H and O–H groups in total. The molecule has 0 bridgehead atoms. The molecular weight excluding hydrogens is 388 g/mol. The van der Waals surface area contributed by atoms with E-state index in [1.54, 1.807) is 48.5 Å². The summed E-state index contributed by atoms with van der Waals surface area (Å²) < 4.78 is 35.3. The molecule has 142 valence electrons. The molecule has 0 aliphatic rings. The Kier molecular flexibility index (Phi) is 4.85. The quantitative estimate of drug-likeness (QED) is 0.356. The number of oxazole rings is 1. The van der Waals surface area contributed by atoms with E-state index in [4.69, 9.17) is 8.60 Å². The van der Waals surface area contributed by atoms with Crippen LogP contribution >= 0.6 is 0 Å². The molecule has 0 saturated carbocycles. The van der Waals surface area contributed by atoms with E-state index >= 15 is 0 Å². The number of benzene rings is 3. The first-order valence-electron chi connectivity index (χ1n) is 8.62. The highest BCUT2D eigenvalue weighted by Gasteiger charge is 2.16. The van der Waals surface area contributed by atoms with Gasteiger partial charge in [-0.25, -0.2) is 4.98 Å². The lowest BCUT2D eigenvalue weighted by Gasteiger charge is -2.07. The zero-order valence-electron chi connectivity index (χ0n) is 15.0. The number of allylic oxidation sites excluding steroid dienone is 1. The molecule has 3 aromatic carbocycles. The summed E-state index contributed by atoms with van der Waals surface area (Å²) in [6.45, 7) is 0. The highest BCUT2D eigenvalue weighted by Crippen LogP contribution is 2.24. The van der Waals surface area contributed by atoms with Gasteiger partial charge in [0, 0.05) is 0 Å². The molecule has 7 heteroatoms. The number of hydrogen-bond acceptors (Lipinski definition) is 6. The fourth-order valence-electron chi connectivity index (χ4n) is 2.68. The molecule has 0 amide bonds. The van der Waals surface area contributed by atoms with Crippen molar-refractivity contribution in [3.8, 4) is 11.8 Å². The molecule has 0 aliphatic heterocycles. The maximum Gasteiger partial charge on any atom is 0.339 e. The predicted octanol–water partition coefficient (Wildman–Crippen LogP) is 4.66. The van der Waals surface area contributed by atoms with Crippen LogP contribution in [0.1, 0.15) is 11.5 Å². The Balaban J connectivity index is 1.57. The van der Waals surface area contributed by atoms with Gasteiger partial charge in [-0.1, -0.05) is 42.5 Å². The zero-order valence-corrected chi connectivity index (χ0v) is 15.8. The lowest BCUT2D eigenvalue weighted by Crippen LogP contribution is -2.09. The van der Waals surface area contributed by atoms with Crippen molar-refractivity contribution in [3.05, 3.63) is 90.3 Å². The Bertz CT molecular complexity index is 1300. The molecule has 0 aliphatic carbocycles. The van der Waals surface area contributed by atoms with Crippen LogP contribution in [0.3, 0.4) is 0 Å². The van der Waals surface area contributed by atoms with E-state index < -0.39 is 10.1 Å². The summed E-state index contributed by atoms with van der Waals surface area (Å²) in [5, 5.41) is 9.48. The molecule has 6 nitrogen and oxygen atoms in total. The monoisotopic (exact) mass is 402 g/mol. The topological polar surface area (TPSA) is 93.2 Å². The minimum atomic E-state index is -3.90. The second-order valence-corrected chi connectivity index (χ2v) is 7.62. The SMILES string of the molecule is N#C/C(=C\c1ccc(OS(=O)(=O)c2ccccc2)cc1)c1nc2ccccc2o1. The molecule has 1 heterocycles. The van der Waals surface area contributed by atoms with Crippen LogP contribution in [0, 0.1) is 11.3 Å². The number of nitrogens with zero attached hydrogens (tertiary/aromatic N) is 2. The average molecular weight is 402 g/mol. The summed E-state index contributed by atoms with van der Waals surface area (Å²) in [6, 6.07) is 23.6. The van der Waals surface area contributed by atoms with Crippen LogP contribution in [-0.2, 0) is 10.1 Å². The molecular formula is C22H14N2O4S. The van der Waals surface area contributed by atoms with Gasteiger partial charge in [-0.2, -0.15) is 13.7 Å². The third kappa shape index (κ3) is 4.03. The third-order valence-electron chi connectivity index (χ3n) is 4.07. The molecule has 1 aromatic heterocycles. The van der Waals surface area contributed by atoms with Crippen LogP contribution in [0.15, 0.2) is 88.2 Å². The summed E-state index contributed by atoms with van der Waals surface area (Å²) in [7, 11) is -3.90. The third-order valence-corrected chi connectivity index (χ3v) is 5.34. The maximum atomic E-state index is 12.3. The van der Waals surface area contributed by atoms with E-state index in [1.807, 2.05) is 12.1 Å². The van der Waals surface area contributed by atoms with Gasteiger partial charge in [-0.15, -0.1) is 0 Å². The lowest BCUT2D eigenvalue weighted by molar-refractivity contribution is 0.486. The van der Waals surface area contributed by atoms with E-state index in [-0.39, 0.29) is 22.1 Å². The number of para-hydroxylation sites is 2. The van der Waals surface area contributed by atoms with Crippen LogP contribution in [0.4, 0.5) is 0 Å². The van der Waals surface area contributed by atoms with Gasteiger partial charge in [0.15, 0.2) is 5.58 Å². The standard InChI is InChI=1S/C22H14N2O4S/c23-15-17(22-24-20-8-4-5-9-21(20)27-22)14-16-10-12-18(13-11-16)28-29(25,26)19-6-2-1-3-7-19/h1-14H/b17-14+. The molecule has 0 atom stereocenters. The molecule has 29 heavy (non-hydrogen) atoms. The van der Waals surface area contributed by atoms with Crippen molar-refractivity contribution in [1.29, 1.82) is 5.26 Å². The Morgan fingerprint density at radius 1 is 0.966 bits per heavy atom. The van der Waals surface area contributed by atoms with Gasteiger partial charge >= 0.3 is 10.1 Å². The van der Waals surface area contributed by atoms with E-state index in [0.717, 1.165) is 0 Å². The maximum absolute atomic E-state index is 12.3. The van der Waals surface area contributed by atoms with Gasteiger partial charge in [-0.3, -0.25) is 0 Å². The number of aromatic nitrogens is 1. The van der Waals surface area contributed by atoms with Crippen LogP contribution in [0.2, 0.25) is 0 Å². The molecule has 4 aromatic rings. The predicted molar refractivity (Wildman–Crippen MR) is 108 cm³/mol. The first-order valence-corrected chi connectivity index (χ1v) is 10.0. The van der Waals surface area contributed by atoms with Gasteiger partial charge in [0.2, 0.25) is 5.89 Å². The van der Waals surface area contributed by atoms with Gasteiger partial charge < -0.3 is 8.60 Å². The molecule has 4 rings (SSSR count). The Hall–Kier alpha value is -3.89. The Morgan fingerprint density at radius 3 is 2.34 bits per heavy atom. The normalized spacial score (nSPS) is 11.9. The average Bonchev–Trinajstić information content (AvgIpc) is 3.17. The second kappa shape index (κ2) is 7.62. The van der Waals surface area contributed by atoms with Gasteiger partial charge in [0.25, 0.3) is 0 Å². The highest BCUT2D eigenvalue weighted by atomic mass is 32.2. The van der Waals surface area contributed by atoms with Crippen molar-refractivity contribution < 1.29 is 17.0 Å². The second-order valence-electron chi connectivity index (χ2n) is 6.08. The van der Waals surface area contributed by atoms with Crippen molar-refractivity contribution >= 4 is 32.9 Å². The molecule has 0 saturated heterocycles. The molecule has 0 spiro atoms. The summed E-state index contributed by atoms with van der Waals surface area (Å²) in [4.78, 5) is 4.39. The first-order chi connectivity index (χ1) is 14.0. The smallest absolute Gasteiger partial charge is 0.339 e. The van der Waals surface area contributed by atoms with Crippen molar-refractivity contribution in [2.75, 3.05) is 0 Å². The van der Waals surface area contributed by atoms with Gasteiger partial charge in [0.1, 0.15) is 27.8 Å². The van der Waals surface area contributed by atoms with Crippen LogP contribution < -0.4 is 4.18 Å². The minimum Gasteiger partial charge on any atom is -0.435 e. The summed E-state index contributed by atoms with van der Waals surface area (Å²) >= 11 is 0. The summed E-state index contributed by atoms with van der Waals surface area (Å²) in [5.41, 5.74) is 2.19. The Morgan fingerprint density at radius 2 is 1.66 bits per heavy atom. The van der Waals surface area contributed by atoms with Crippen molar-refractivity contribution in [2.45, 2.75) is 4.90 Å². The molecule has 0 unspecified atom stereocenters. The highest BCUT2D eigenvalue weighted by molar-refractivity contribution is 7.87. The summed E-state index contributed by atoms with van der Waals surface area (Å²) in [5.74, 6) is 0.395. The number of rotatable bonds is 5. The number of nitriles is 1. The fraction of sp³-hybridized carbons (Fsp3) is 0. The summed E-state index contributed by atoms with van der Waals surface area (Å²) in [6.07, 6.45) is 1.61. The number of fused-ring (bicyclic) bond motifs is 1. The number of hydrogen-bond donors (Lipinski definition) is 0. The largest absolute Gasteiger partial charge is 0.435 e. The fourth-order valence-corrected chi connectivity index (χ4v) is 3.63. The van der Waals surface area contributed by atoms with Gasteiger partial charge in [-0.05, 0) is 48.0 Å². The lowest BCUT2D eigenvalue weighted by atomic mass is 10.1. The van der Waals surface area contributed by atoms with Gasteiger partial charge in [0.05, 0.1) is 0 Å². The molecule has 0 radical (unpaired) electrons. The van der Waals surface area contributed by atoms with Crippen LogP contribution in [-0.4, -0.2) is 13.4 Å². The van der Waals surface area contributed by atoms with E-state index in [0.29, 0.717) is 16.7 Å². The Labute approximate surface area is 167 Å². The van der Waals surface area contributed by atoms with Crippen molar-refractivity contribution in [3.63, 3.8) is 0 Å². The van der Waals surface area contributed by atoms with E-state index in [2.05, 4.69) is 11.1 Å². The van der Waals surface area contributed by atoms with Crippen molar-refractivity contribution in [2.24, 2.45) is 0 Å². The first kappa shape index (κ1) is 18.5. The van der Waals surface area contributed by atoms with Crippen LogP contribution in [0.25, 0.3) is 22.7 Å². The van der Waals surface area contributed by atoms with Crippen molar-refractivity contribution in [1.82, 2.24) is 4.98 Å². The van der Waals surface area contributed by atoms with E-state index in [9.17, 15) is 13.7 Å². The van der Waals surface area contributed by atoms with Crippen LogP contribution in [0.5, 0.6) is 5.75 Å².